The zero-order valence-corrected chi connectivity index (χ0v) is 32.1. The largest absolute Gasteiger partial charge is 0.506 e. The van der Waals surface area contributed by atoms with E-state index in [0.29, 0.717) is 10.8 Å². The minimum absolute atomic E-state index is 0.0385. The number of carbonyl (C=O) groups excluding carboxylic acids is 1. The fraction of sp³-hybridized carbons (Fsp3) is 0.0571. The van der Waals surface area contributed by atoms with Gasteiger partial charge < -0.3 is 20.8 Å². The van der Waals surface area contributed by atoms with Crippen LogP contribution in [0.25, 0.3) is 21.5 Å². The number of phenolic OH excluding ortho intramolecular Hbond substituents is 2. The lowest BCUT2D eigenvalue weighted by molar-refractivity contribution is 0.250. The van der Waals surface area contributed by atoms with Crippen LogP contribution in [0.5, 0.6) is 11.5 Å². The predicted molar refractivity (Wildman–Crippen MR) is 206 cm³/mol. The summed E-state index contributed by atoms with van der Waals surface area (Å²) in [7, 11) is -18.8. The van der Waals surface area contributed by atoms with Gasteiger partial charge in [-0.15, -0.1) is 0 Å². The summed E-state index contributed by atoms with van der Waals surface area (Å²) in [6.45, 7) is 2.73. The molecular weight excluding hydrogens is 813 g/mol. The molecule has 0 saturated carbocycles. The maximum Gasteiger partial charge on any atom is 0.342 e. The number of anilines is 4. The third-order valence-corrected chi connectivity index (χ3v) is 13.2. The van der Waals surface area contributed by atoms with Crippen LogP contribution in [-0.4, -0.2) is 59.0 Å². The summed E-state index contributed by atoms with van der Waals surface area (Å²) in [5.41, 5.74) is 0.227. The van der Waals surface area contributed by atoms with Crippen LogP contribution in [0.4, 0.5) is 27.5 Å². The number of urea groups is 1. The number of phenols is 2. The van der Waals surface area contributed by atoms with Gasteiger partial charge in [-0.05, 0) is 96.4 Å². The molecule has 6 rings (SSSR count). The molecule has 292 valence electrons. The average Bonchev–Trinajstić information content (AvgIpc) is 3.08. The molecule has 0 heterocycles. The smallest absolute Gasteiger partial charge is 0.342 e. The van der Waals surface area contributed by atoms with Gasteiger partial charge in [-0.25, -0.2) is 31.1 Å². The molecule has 21 heteroatoms. The molecular formula is C35H30N4O13S4. The molecule has 56 heavy (non-hydrogen) atoms. The second-order valence-corrected chi connectivity index (χ2v) is 18.4. The summed E-state index contributed by atoms with van der Waals surface area (Å²) in [5, 5.41) is 27.4. The third kappa shape index (κ3) is 7.89. The fourth-order valence-corrected chi connectivity index (χ4v) is 9.86. The zero-order chi connectivity index (χ0) is 41.0. The number of benzene rings is 6. The Morgan fingerprint density at radius 3 is 1.21 bits per heavy atom. The van der Waals surface area contributed by atoms with Crippen LogP contribution in [0.15, 0.2) is 117 Å². The van der Waals surface area contributed by atoms with Crippen molar-refractivity contribution in [3.05, 3.63) is 108 Å². The van der Waals surface area contributed by atoms with E-state index in [1.807, 2.05) is 0 Å². The van der Waals surface area contributed by atoms with Crippen LogP contribution >= 0.6 is 0 Å². The molecule has 17 nitrogen and oxygen atoms in total. The number of sulfonamides is 2. The Morgan fingerprint density at radius 1 is 0.500 bits per heavy atom. The topological polar surface area (TPSA) is 283 Å². The monoisotopic (exact) mass is 842 g/mol. The van der Waals surface area contributed by atoms with E-state index >= 15 is 0 Å². The van der Waals surface area contributed by atoms with Crippen LogP contribution in [-0.2, 0) is 40.3 Å². The lowest BCUT2D eigenvalue weighted by Crippen LogP contribution is -2.42. The Morgan fingerprint density at radius 2 is 0.875 bits per heavy atom. The van der Waals surface area contributed by atoms with Gasteiger partial charge in [0.25, 0.3) is 40.3 Å². The van der Waals surface area contributed by atoms with Crippen molar-refractivity contribution in [1.82, 2.24) is 9.44 Å². The number of carbonyl (C=O) groups is 1. The summed E-state index contributed by atoms with van der Waals surface area (Å²) < 4.78 is 124. The normalized spacial score (nSPS) is 12.4. The van der Waals surface area contributed by atoms with Gasteiger partial charge in [0, 0.05) is 22.1 Å². The van der Waals surface area contributed by atoms with Crippen molar-refractivity contribution in [3.8, 4) is 11.5 Å². The molecule has 8 N–H and O–H groups in total. The Balaban J connectivity index is 1.20. The Kier molecular flexibility index (Phi) is 10.1. The van der Waals surface area contributed by atoms with E-state index in [9.17, 15) is 57.8 Å². The van der Waals surface area contributed by atoms with Gasteiger partial charge in [-0.2, -0.15) is 16.8 Å². The van der Waals surface area contributed by atoms with Crippen LogP contribution in [0, 0.1) is 13.8 Å². The first-order chi connectivity index (χ1) is 26.1. The number of nitrogens with one attached hydrogen (secondary N) is 4. The SMILES string of the molecule is Cc1cc(Nc2c(O)ccc3cccc(S(=O)(=O)O)c23)ccc1S(=O)(=O)NC(=O)NS(=O)(=O)c1ccc(Nc2c(O)ccc3cccc(S(=O)(=O)O)c23)cc1C. The molecule has 0 spiro atoms. The number of aryl methyl sites for hydroxylation is 2. The first kappa shape index (κ1) is 39.7. The maximum atomic E-state index is 13.2. The van der Waals surface area contributed by atoms with Crippen LogP contribution < -0.4 is 20.1 Å². The second-order valence-electron chi connectivity index (χ2n) is 12.3. The number of hydrogen-bond donors (Lipinski definition) is 8. The summed E-state index contributed by atoms with van der Waals surface area (Å²) in [6.07, 6.45) is 0. The highest BCUT2D eigenvalue weighted by atomic mass is 32.2. The van der Waals surface area contributed by atoms with Crippen molar-refractivity contribution >= 4 is 90.6 Å². The van der Waals surface area contributed by atoms with Crippen molar-refractivity contribution in [2.45, 2.75) is 33.4 Å². The van der Waals surface area contributed by atoms with Gasteiger partial charge in [0.15, 0.2) is 0 Å². The highest BCUT2D eigenvalue weighted by Crippen LogP contribution is 2.40. The number of aromatic hydroxyl groups is 2. The molecule has 0 aliphatic heterocycles. The Bertz CT molecular complexity index is 2880. The number of fused-ring (bicyclic) bond motifs is 2. The number of amides is 2. The van der Waals surface area contributed by atoms with Crippen LogP contribution in [0.2, 0.25) is 0 Å². The molecule has 0 aromatic heterocycles. The lowest BCUT2D eigenvalue weighted by Gasteiger charge is -2.16. The molecule has 0 aliphatic carbocycles. The Labute approximate surface area is 320 Å². The fourth-order valence-electron chi connectivity index (χ4n) is 6.07. The van der Waals surface area contributed by atoms with E-state index < -0.39 is 65.9 Å². The second kappa shape index (κ2) is 14.3. The van der Waals surface area contributed by atoms with Crippen molar-refractivity contribution in [3.63, 3.8) is 0 Å². The zero-order valence-electron chi connectivity index (χ0n) is 28.8. The van der Waals surface area contributed by atoms with Crippen molar-refractivity contribution in [2.75, 3.05) is 10.6 Å². The molecule has 0 aliphatic rings. The van der Waals surface area contributed by atoms with Crippen molar-refractivity contribution in [1.29, 1.82) is 0 Å². The highest BCUT2D eigenvalue weighted by Gasteiger charge is 2.27. The first-order valence-corrected chi connectivity index (χ1v) is 21.7. The van der Waals surface area contributed by atoms with Gasteiger partial charge in [0.2, 0.25) is 0 Å². The third-order valence-electron chi connectivity index (χ3n) is 8.45. The standard InChI is InChI=1S/C35H30N4O13S4/c1-19-17-23(36-33-25(40)13-9-21-5-3-7-29(31(21)33)55(47,48)49)11-15-27(19)53(43,44)38-35(42)39-54(45,46)28-16-12-24(18-20(28)2)37-34-26(41)14-10-22-6-4-8-30(32(22)34)56(50,51)52/h3-18,36-37,40-41H,1-2H3,(H2,38,39,42)(H,47,48,49)(H,50,51,52). The summed E-state index contributed by atoms with van der Waals surface area (Å²) >= 11 is 0. The molecule has 6 aromatic carbocycles. The van der Waals surface area contributed by atoms with Gasteiger partial charge in [0.1, 0.15) is 21.3 Å². The molecule has 0 fully saturated rings. The van der Waals surface area contributed by atoms with Gasteiger partial charge in [-0.1, -0.05) is 36.4 Å². The first-order valence-electron chi connectivity index (χ1n) is 15.9. The van der Waals surface area contributed by atoms with Crippen molar-refractivity contribution in [2.24, 2.45) is 0 Å². The molecule has 6 aromatic rings. The molecule has 0 bridgehead atoms. The molecule has 0 atom stereocenters. The summed E-state index contributed by atoms with van der Waals surface area (Å²) in [6, 6.07) is 19.2. The van der Waals surface area contributed by atoms with E-state index in [1.54, 1.807) is 21.6 Å². The van der Waals surface area contributed by atoms with E-state index in [0.717, 1.165) is 24.3 Å². The maximum absolute atomic E-state index is 13.2. The average molecular weight is 843 g/mol. The minimum Gasteiger partial charge on any atom is -0.506 e. The molecule has 2 amide bonds. The van der Waals surface area contributed by atoms with E-state index in [-0.39, 0.29) is 56.1 Å². The molecule has 0 radical (unpaired) electrons. The minimum atomic E-state index is -4.72. The molecule has 0 saturated heterocycles. The lowest BCUT2D eigenvalue weighted by atomic mass is 10.1. The van der Waals surface area contributed by atoms with Gasteiger partial charge in [0.05, 0.1) is 21.2 Å². The Hall–Kier alpha value is -5.97. The van der Waals surface area contributed by atoms with Crippen LogP contribution in [0.1, 0.15) is 11.1 Å². The van der Waals surface area contributed by atoms with E-state index in [2.05, 4.69) is 10.6 Å². The quantitative estimate of drug-likeness (QED) is 0.0635. The van der Waals surface area contributed by atoms with E-state index in [4.69, 9.17) is 0 Å². The van der Waals surface area contributed by atoms with Crippen LogP contribution in [0.3, 0.4) is 0 Å². The van der Waals surface area contributed by atoms with Gasteiger partial charge in [-0.3, -0.25) is 9.11 Å². The predicted octanol–water partition coefficient (Wildman–Crippen LogP) is 5.38. The number of hydrogen-bond acceptors (Lipinski definition) is 13. The molecule has 0 unspecified atom stereocenters. The van der Waals surface area contributed by atoms with Crippen molar-refractivity contribution < 1.29 is 57.8 Å². The van der Waals surface area contributed by atoms with Gasteiger partial charge >= 0.3 is 6.03 Å². The summed E-state index contributed by atoms with van der Waals surface area (Å²) in [5.74, 6) is -0.774. The highest BCUT2D eigenvalue weighted by molar-refractivity contribution is 7.91. The summed E-state index contributed by atoms with van der Waals surface area (Å²) in [4.78, 5) is 11.0. The number of rotatable bonds is 10. The van der Waals surface area contributed by atoms with E-state index in [1.165, 1.54) is 74.5 Å².